The van der Waals surface area contributed by atoms with Crippen molar-refractivity contribution < 1.29 is 0 Å². The third kappa shape index (κ3) is 5.65. The molecule has 0 aliphatic carbocycles. The van der Waals surface area contributed by atoms with Crippen molar-refractivity contribution in [3.8, 4) is 12.3 Å². The average Bonchev–Trinajstić information content (AvgIpc) is 2.40. The Morgan fingerprint density at radius 3 is 2.72 bits per heavy atom. The predicted octanol–water partition coefficient (Wildman–Crippen LogP) is 1.97. The SMILES string of the molecule is C#CCNC(=NC)NCC(C)Sc1ccccc1. The van der Waals surface area contributed by atoms with E-state index < -0.39 is 0 Å². The molecule has 0 spiro atoms. The van der Waals surface area contributed by atoms with Crippen LogP contribution in [0.4, 0.5) is 0 Å². The first-order chi connectivity index (χ1) is 8.76. The van der Waals surface area contributed by atoms with Gasteiger partial charge in [0.05, 0.1) is 6.54 Å². The summed E-state index contributed by atoms with van der Waals surface area (Å²) in [4.78, 5) is 5.37. The molecule has 0 aliphatic rings. The summed E-state index contributed by atoms with van der Waals surface area (Å²) in [6.07, 6.45) is 5.19. The molecule has 0 saturated heterocycles. The normalized spacial score (nSPS) is 12.6. The van der Waals surface area contributed by atoms with Gasteiger partial charge in [-0.3, -0.25) is 4.99 Å². The minimum atomic E-state index is 0.455. The van der Waals surface area contributed by atoms with Crippen LogP contribution in [0.2, 0.25) is 0 Å². The summed E-state index contributed by atoms with van der Waals surface area (Å²) < 4.78 is 0. The molecule has 1 unspecified atom stereocenters. The monoisotopic (exact) mass is 261 g/mol. The Hall–Kier alpha value is -1.60. The fourth-order valence-corrected chi connectivity index (χ4v) is 2.31. The van der Waals surface area contributed by atoms with E-state index in [-0.39, 0.29) is 0 Å². The minimum Gasteiger partial charge on any atom is -0.355 e. The van der Waals surface area contributed by atoms with Gasteiger partial charge in [-0.05, 0) is 12.1 Å². The van der Waals surface area contributed by atoms with Crippen LogP contribution >= 0.6 is 11.8 Å². The second kappa shape index (κ2) is 8.48. The third-order valence-corrected chi connectivity index (χ3v) is 3.33. The zero-order chi connectivity index (χ0) is 13.2. The lowest BCUT2D eigenvalue weighted by Crippen LogP contribution is -2.40. The van der Waals surface area contributed by atoms with Gasteiger partial charge in [0.15, 0.2) is 5.96 Å². The van der Waals surface area contributed by atoms with Crippen molar-refractivity contribution in [2.75, 3.05) is 20.1 Å². The highest BCUT2D eigenvalue weighted by molar-refractivity contribution is 8.00. The molecule has 0 aromatic heterocycles. The second-order valence-electron chi connectivity index (χ2n) is 3.75. The van der Waals surface area contributed by atoms with E-state index in [1.807, 2.05) is 17.8 Å². The molecule has 1 aromatic carbocycles. The first kappa shape index (κ1) is 14.5. The number of rotatable bonds is 5. The van der Waals surface area contributed by atoms with Crippen LogP contribution in [0, 0.1) is 12.3 Å². The topological polar surface area (TPSA) is 36.4 Å². The molecular formula is C14H19N3S. The molecule has 0 heterocycles. The highest BCUT2D eigenvalue weighted by Gasteiger charge is 2.05. The number of hydrogen-bond donors (Lipinski definition) is 2. The Morgan fingerprint density at radius 1 is 1.39 bits per heavy atom. The lowest BCUT2D eigenvalue weighted by Gasteiger charge is -2.14. The number of guanidine groups is 1. The van der Waals surface area contributed by atoms with Gasteiger partial charge in [0, 0.05) is 23.7 Å². The van der Waals surface area contributed by atoms with Gasteiger partial charge in [-0.1, -0.05) is 31.0 Å². The maximum absolute atomic E-state index is 5.19. The van der Waals surface area contributed by atoms with Gasteiger partial charge in [-0.15, -0.1) is 18.2 Å². The molecule has 0 saturated carbocycles. The summed E-state index contributed by atoms with van der Waals surface area (Å²) in [6.45, 7) is 3.50. The molecule has 1 atom stereocenters. The van der Waals surface area contributed by atoms with Crippen LogP contribution in [0.5, 0.6) is 0 Å². The molecule has 0 amide bonds. The highest BCUT2D eigenvalue weighted by Crippen LogP contribution is 2.21. The molecular weight excluding hydrogens is 242 g/mol. The number of terminal acetylenes is 1. The van der Waals surface area contributed by atoms with Crippen LogP contribution in [0.3, 0.4) is 0 Å². The number of nitrogens with zero attached hydrogens (tertiary/aromatic N) is 1. The molecule has 18 heavy (non-hydrogen) atoms. The number of thioether (sulfide) groups is 1. The van der Waals surface area contributed by atoms with Gasteiger partial charge in [0.2, 0.25) is 0 Å². The average molecular weight is 261 g/mol. The molecule has 4 heteroatoms. The zero-order valence-corrected chi connectivity index (χ0v) is 11.6. The molecule has 0 aliphatic heterocycles. The van der Waals surface area contributed by atoms with Crippen molar-refractivity contribution in [1.82, 2.24) is 10.6 Å². The van der Waals surface area contributed by atoms with Crippen LogP contribution in [-0.2, 0) is 0 Å². The van der Waals surface area contributed by atoms with Crippen molar-refractivity contribution in [3.05, 3.63) is 30.3 Å². The van der Waals surface area contributed by atoms with Crippen LogP contribution in [0.15, 0.2) is 40.2 Å². The van der Waals surface area contributed by atoms with Crippen molar-refractivity contribution >= 4 is 17.7 Å². The van der Waals surface area contributed by atoms with Crippen LogP contribution in [-0.4, -0.2) is 31.3 Å². The van der Waals surface area contributed by atoms with E-state index >= 15 is 0 Å². The molecule has 1 rings (SSSR count). The summed E-state index contributed by atoms with van der Waals surface area (Å²) in [7, 11) is 1.74. The fraction of sp³-hybridized carbons (Fsp3) is 0.357. The van der Waals surface area contributed by atoms with E-state index in [1.54, 1.807) is 7.05 Å². The summed E-state index contributed by atoms with van der Waals surface area (Å²) in [5.41, 5.74) is 0. The van der Waals surface area contributed by atoms with Gasteiger partial charge in [-0.25, -0.2) is 0 Å². The molecule has 1 aromatic rings. The van der Waals surface area contributed by atoms with E-state index in [0.717, 1.165) is 12.5 Å². The summed E-state index contributed by atoms with van der Waals surface area (Å²) >= 11 is 1.83. The van der Waals surface area contributed by atoms with Gasteiger partial charge in [0.1, 0.15) is 0 Å². The fourth-order valence-electron chi connectivity index (χ4n) is 1.37. The van der Waals surface area contributed by atoms with Crippen LogP contribution < -0.4 is 10.6 Å². The first-order valence-electron chi connectivity index (χ1n) is 5.86. The summed E-state index contributed by atoms with van der Waals surface area (Å²) in [5.74, 6) is 3.27. The van der Waals surface area contributed by atoms with Gasteiger partial charge in [0.25, 0.3) is 0 Å². The summed E-state index contributed by atoms with van der Waals surface area (Å²) in [5, 5.41) is 6.73. The van der Waals surface area contributed by atoms with Crippen molar-refractivity contribution in [2.24, 2.45) is 4.99 Å². The van der Waals surface area contributed by atoms with Gasteiger partial charge in [-0.2, -0.15) is 0 Å². The van der Waals surface area contributed by atoms with Crippen molar-refractivity contribution in [3.63, 3.8) is 0 Å². The van der Waals surface area contributed by atoms with Crippen LogP contribution in [0.25, 0.3) is 0 Å². The minimum absolute atomic E-state index is 0.455. The van der Waals surface area contributed by atoms with Crippen molar-refractivity contribution in [2.45, 2.75) is 17.1 Å². The predicted molar refractivity (Wildman–Crippen MR) is 80.0 cm³/mol. The Kier molecular flexibility index (Phi) is 6.82. The Labute approximate surface area is 113 Å². The number of aliphatic imine (C=N–C) groups is 1. The second-order valence-corrected chi connectivity index (χ2v) is 5.26. The Balaban J connectivity index is 2.32. The standard InChI is InChI=1S/C14H19N3S/c1-4-10-16-14(15-3)17-11-12(2)18-13-8-6-5-7-9-13/h1,5-9,12H,10-11H2,2-3H3,(H2,15,16,17). The Bertz CT molecular complexity index is 409. The van der Waals surface area contributed by atoms with Crippen molar-refractivity contribution in [1.29, 1.82) is 0 Å². The molecule has 0 radical (unpaired) electrons. The lowest BCUT2D eigenvalue weighted by molar-refractivity contribution is 0.817. The largest absolute Gasteiger partial charge is 0.355 e. The molecule has 0 fully saturated rings. The third-order valence-electron chi connectivity index (χ3n) is 2.22. The number of nitrogens with one attached hydrogen (secondary N) is 2. The molecule has 96 valence electrons. The van der Waals surface area contributed by atoms with Gasteiger partial charge < -0.3 is 10.6 Å². The van der Waals surface area contributed by atoms with E-state index in [1.165, 1.54) is 4.90 Å². The van der Waals surface area contributed by atoms with E-state index in [0.29, 0.717) is 11.8 Å². The molecule has 3 nitrogen and oxygen atoms in total. The lowest BCUT2D eigenvalue weighted by atomic mass is 10.4. The highest BCUT2D eigenvalue weighted by atomic mass is 32.2. The summed E-state index contributed by atoms with van der Waals surface area (Å²) in [6, 6.07) is 10.4. The number of hydrogen-bond acceptors (Lipinski definition) is 2. The Morgan fingerprint density at radius 2 is 2.11 bits per heavy atom. The zero-order valence-electron chi connectivity index (χ0n) is 10.8. The smallest absolute Gasteiger partial charge is 0.191 e. The maximum Gasteiger partial charge on any atom is 0.191 e. The number of benzene rings is 1. The quantitative estimate of drug-likeness (QED) is 0.368. The molecule has 0 bridgehead atoms. The maximum atomic E-state index is 5.19. The van der Waals surface area contributed by atoms with Gasteiger partial charge >= 0.3 is 0 Å². The molecule has 2 N–H and O–H groups in total. The first-order valence-corrected chi connectivity index (χ1v) is 6.74. The van der Waals surface area contributed by atoms with E-state index in [9.17, 15) is 0 Å². The van der Waals surface area contributed by atoms with Crippen LogP contribution in [0.1, 0.15) is 6.92 Å². The van der Waals surface area contributed by atoms with E-state index in [2.05, 4.69) is 52.7 Å². The van der Waals surface area contributed by atoms with E-state index in [4.69, 9.17) is 6.42 Å².